The maximum Gasteiger partial charge on any atom is 0.232 e. The minimum atomic E-state index is 0.182. The number of hydrogen-bond acceptors (Lipinski definition) is 4. The average molecular weight is 318 g/mol. The minimum absolute atomic E-state index is 0.182. The second-order valence-electron chi connectivity index (χ2n) is 5.58. The Morgan fingerprint density at radius 2 is 2.23 bits per heavy atom. The van der Waals surface area contributed by atoms with E-state index in [0.29, 0.717) is 5.75 Å². The van der Waals surface area contributed by atoms with E-state index < -0.39 is 0 Å². The van der Waals surface area contributed by atoms with Gasteiger partial charge in [0, 0.05) is 19.6 Å². The third-order valence-corrected chi connectivity index (χ3v) is 5.08. The van der Waals surface area contributed by atoms with E-state index in [1.807, 2.05) is 29.2 Å². The van der Waals surface area contributed by atoms with Crippen molar-refractivity contribution >= 4 is 28.7 Å². The maximum atomic E-state index is 12.3. The Bertz CT molecular complexity index is 601. The summed E-state index contributed by atoms with van der Waals surface area (Å²) in [4.78, 5) is 22.2. The molecule has 1 atom stereocenters. The first kappa shape index (κ1) is 15.4. The normalized spacial score (nSPS) is 17.4. The van der Waals surface area contributed by atoms with Crippen molar-refractivity contribution in [3.63, 3.8) is 0 Å². The van der Waals surface area contributed by atoms with Gasteiger partial charge in [-0.25, -0.2) is 4.98 Å². The first-order valence-corrected chi connectivity index (χ1v) is 8.83. The number of amides is 1. The van der Waals surface area contributed by atoms with Gasteiger partial charge in [0.15, 0.2) is 0 Å². The second kappa shape index (κ2) is 7.15. The van der Waals surface area contributed by atoms with E-state index >= 15 is 0 Å². The highest BCUT2D eigenvalue weighted by molar-refractivity contribution is 8.00. The predicted molar refractivity (Wildman–Crippen MR) is 91.0 cm³/mol. The monoisotopic (exact) mass is 318 g/mol. The van der Waals surface area contributed by atoms with Crippen molar-refractivity contribution in [2.45, 2.75) is 18.6 Å². The number of thioether (sulfide) groups is 1. The van der Waals surface area contributed by atoms with E-state index in [0.717, 1.165) is 49.5 Å². The molecule has 0 radical (unpaired) electrons. The van der Waals surface area contributed by atoms with Gasteiger partial charge in [0.25, 0.3) is 0 Å². The van der Waals surface area contributed by atoms with Gasteiger partial charge in [-0.1, -0.05) is 12.1 Å². The lowest BCUT2D eigenvalue weighted by molar-refractivity contribution is -0.128. The highest BCUT2D eigenvalue weighted by Gasteiger charge is 2.18. The fourth-order valence-corrected chi connectivity index (χ4v) is 3.47. The van der Waals surface area contributed by atoms with Crippen LogP contribution in [0, 0.1) is 0 Å². The highest BCUT2D eigenvalue weighted by atomic mass is 32.2. The van der Waals surface area contributed by atoms with Crippen LogP contribution < -0.4 is 5.32 Å². The number of carbonyl (C=O) groups excluding carboxylic acids is 1. The SMILES string of the molecule is CC(SCC(=O)N1CCCNCC1)c1nc2ccccc2[nH]1. The number of hydrogen-bond donors (Lipinski definition) is 2. The third-order valence-electron chi connectivity index (χ3n) is 3.94. The van der Waals surface area contributed by atoms with E-state index in [2.05, 4.69) is 22.2 Å². The van der Waals surface area contributed by atoms with Gasteiger partial charge < -0.3 is 15.2 Å². The fraction of sp³-hybridized carbons (Fsp3) is 0.500. The zero-order valence-electron chi connectivity index (χ0n) is 12.8. The van der Waals surface area contributed by atoms with Crippen molar-refractivity contribution in [2.24, 2.45) is 0 Å². The number of aromatic nitrogens is 2. The van der Waals surface area contributed by atoms with Crippen molar-refractivity contribution < 1.29 is 4.79 Å². The summed E-state index contributed by atoms with van der Waals surface area (Å²) in [6.45, 7) is 5.69. The molecule has 1 aromatic heterocycles. The largest absolute Gasteiger partial charge is 0.341 e. The van der Waals surface area contributed by atoms with Gasteiger partial charge in [-0.15, -0.1) is 11.8 Å². The number of nitrogens with zero attached hydrogens (tertiary/aromatic N) is 2. The first-order valence-electron chi connectivity index (χ1n) is 7.79. The number of para-hydroxylation sites is 2. The molecule has 1 aliphatic heterocycles. The topological polar surface area (TPSA) is 61.0 Å². The van der Waals surface area contributed by atoms with Crippen LogP contribution in [-0.4, -0.2) is 52.7 Å². The number of H-pyrrole nitrogens is 1. The molecule has 118 valence electrons. The number of fused-ring (bicyclic) bond motifs is 1. The number of benzene rings is 1. The van der Waals surface area contributed by atoms with E-state index in [4.69, 9.17) is 0 Å². The molecule has 2 aromatic rings. The molecule has 6 heteroatoms. The van der Waals surface area contributed by atoms with Crippen LogP contribution in [0.4, 0.5) is 0 Å². The molecule has 1 aliphatic rings. The summed E-state index contributed by atoms with van der Waals surface area (Å²) in [5, 5.41) is 3.50. The van der Waals surface area contributed by atoms with Gasteiger partial charge in [0.1, 0.15) is 5.82 Å². The highest BCUT2D eigenvalue weighted by Crippen LogP contribution is 2.27. The standard InChI is InChI=1S/C16H22N4OS/c1-12(16-18-13-5-2-3-6-14(13)19-16)22-11-15(21)20-9-4-7-17-8-10-20/h2-3,5-6,12,17H,4,7-11H2,1H3,(H,18,19). The average Bonchev–Trinajstić information content (AvgIpc) is 2.78. The van der Waals surface area contributed by atoms with Crippen LogP contribution in [0.15, 0.2) is 24.3 Å². The van der Waals surface area contributed by atoms with Gasteiger partial charge in [-0.3, -0.25) is 4.79 Å². The van der Waals surface area contributed by atoms with Crippen molar-refractivity contribution in [1.82, 2.24) is 20.2 Å². The molecule has 0 spiro atoms. The molecular weight excluding hydrogens is 296 g/mol. The Morgan fingerprint density at radius 3 is 3.09 bits per heavy atom. The molecule has 1 saturated heterocycles. The summed E-state index contributed by atoms with van der Waals surface area (Å²) in [6.07, 6.45) is 1.04. The number of imidazole rings is 1. The molecule has 1 unspecified atom stereocenters. The third kappa shape index (κ3) is 3.62. The lowest BCUT2D eigenvalue weighted by Gasteiger charge is -2.20. The molecule has 0 aliphatic carbocycles. The molecule has 5 nitrogen and oxygen atoms in total. The van der Waals surface area contributed by atoms with Crippen molar-refractivity contribution in [2.75, 3.05) is 31.9 Å². The van der Waals surface area contributed by atoms with Crippen molar-refractivity contribution in [3.05, 3.63) is 30.1 Å². The van der Waals surface area contributed by atoms with Gasteiger partial charge >= 0.3 is 0 Å². The van der Waals surface area contributed by atoms with Crippen LogP contribution in [0.3, 0.4) is 0 Å². The van der Waals surface area contributed by atoms with E-state index in [9.17, 15) is 4.79 Å². The molecule has 1 fully saturated rings. The Kier molecular flexibility index (Phi) is 5.00. The zero-order valence-corrected chi connectivity index (χ0v) is 13.7. The Labute approximate surface area is 134 Å². The van der Waals surface area contributed by atoms with Crippen LogP contribution >= 0.6 is 11.8 Å². The lowest BCUT2D eigenvalue weighted by atomic mass is 10.3. The Balaban J connectivity index is 1.57. The number of aromatic amines is 1. The van der Waals surface area contributed by atoms with E-state index in [1.54, 1.807) is 11.8 Å². The van der Waals surface area contributed by atoms with Crippen LogP contribution in [0.1, 0.15) is 24.4 Å². The molecule has 2 N–H and O–H groups in total. The molecule has 1 amide bonds. The van der Waals surface area contributed by atoms with Gasteiger partial charge in [-0.2, -0.15) is 0 Å². The molecule has 2 heterocycles. The number of carbonyl (C=O) groups is 1. The molecule has 1 aromatic carbocycles. The summed E-state index contributed by atoms with van der Waals surface area (Å²) in [7, 11) is 0. The molecular formula is C16H22N4OS. The quantitative estimate of drug-likeness (QED) is 0.907. The number of nitrogens with one attached hydrogen (secondary N) is 2. The Hall–Kier alpha value is -1.53. The van der Waals surface area contributed by atoms with Gasteiger partial charge in [0.2, 0.25) is 5.91 Å². The smallest absolute Gasteiger partial charge is 0.232 e. The lowest BCUT2D eigenvalue weighted by Crippen LogP contribution is -2.35. The van der Waals surface area contributed by atoms with Gasteiger partial charge in [0.05, 0.1) is 22.0 Å². The summed E-state index contributed by atoms with van der Waals surface area (Å²) in [5.41, 5.74) is 2.03. The first-order chi connectivity index (χ1) is 10.7. The zero-order chi connectivity index (χ0) is 15.4. The summed E-state index contributed by atoms with van der Waals surface area (Å²) in [6, 6.07) is 8.02. The fourth-order valence-electron chi connectivity index (χ4n) is 2.63. The number of rotatable bonds is 4. The van der Waals surface area contributed by atoms with Crippen LogP contribution in [0.5, 0.6) is 0 Å². The second-order valence-corrected chi connectivity index (χ2v) is 6.91. The summed E-state index contributed by atoms with van der Waals surface area (Å²) in [5.74, 6) is 1.69. The van der Waals surface area contributed by atoms with Gasteiger partial charge in [-0.05, 0) is 32.0 Å². The molecule has 22 heavy (non-hydrogen) atoms. The van der Waals surface area contributed by atoms with Crippen LogP contribution in [-0.2, 0) is 4.79 Å². The van der Waals surface area contributed by atoms with Crippen LogP contribution in [0.2, 0.25) is 0 Å². The van der Waals surface area contributed by atoms with Crippen molar-refractivity contribution in [3.8, 4) is 0 Å². The summed E-state index contributed by atoms with van der Waals surface area (Å²) < 4.78 is 0. The van der Waals surface area contributed by atoms with Crippen molar-refractivity contribution in [1.29, 1.82) is 0 Å². The minimum Gasteiger partial charge on any atom is -0.341 e. The molecule has 0 saturated carbocycles. The maximum absolute atomic E-state index is 12.3. The van der Waals surface area contributed by atoms with E-state index in [-0.39, 0.29) is 11.2 Å². The molecule has 3 rings (SSSR count). The summed E-state index contributed by atoms with van der Waals surface area (Å²) >= 11 is 1.65. The molecule has 0 bridgehead atoms. The Morgan fingerprint density at radius 1 is 1.36 bits per heavy atom. The van der Waals surface area contributed by atoms with Crippen LogP contribution in [0.25, 0.3) is 11.0 Å². The van der Waals surface area contributed by atoms with E-state index in [1.165, 1.54) is 0 Å². The predicted octanol–water partition coefficient (Wildman–Crippen LogP) is 2.18.